The zero-order chi connectivity index (χ0) is 110. The number of nitrogens with zero attached hydrogens (tertiary/aromatic N) is 10. The third kappa shape index (κ3) is 29.6. The molecule has 0 unspecified atom stereocenters. The fourth-order valence-electron chi connectivity index (χ4n) is 16.2. The largest absolute Gasteiger partial charge is 0.438 e. The molecule has 0 bridgehead atoms. The lowest BCUT2D eigenvalue weighted by Gasteiger charge is -2.16. The molecular weight excluding hydrogens is 1960 g/mol. The third-order valence-corrected chi connectivity index (χ3v) is 24.5. The summed E-state index contributed by atoms with van der Waals surface area (Å²) in [5.41, 5.74) is 15.4. The summed E-state index contributed by atoms with van der Waals surface area (Å²) in [4.78, 5) is 122. The number of amides is 5. The van der Waals surface area contributed by atoms with E-state index in [4.69, 9.17) is 46.9 Å². The first-order valence-corrected chi connectivity index (χ1v) is 48.6. The lowest BCUT2D eigenvalue weighted by atomic mass is 10.0. The molecule has 0 saturated heterocycles. The van der Waals surface area contributed by atoms with Gasteiger partial charge in [-0.2, -0.15) is 25.5 Å². The summed E-state index contributed by atoms with van der Waals surface area (Å²) < 4.78 is 77.6. The Hall–Kier alpha value is -16.7. The van der Waals surface area contributed by atoms with E-state index in [2.05, 4.69) is 64.2 Å². The molecule has 0 spiro atoms. The van der Waals surface area contributed by atoms with E-state index in [1.165, 1.54) is 64.5 Å². The van der Waals surface area contributed by atoms with Crippen LogP contribution >= 0.6 is 23.2 Å². The summed E-state index contributed by atoms with van der Waals surface area (Å²) in [6, 6.07) is 63.4. The second-order valence-corrected chi connectivity index (χ2v) is 37.3. The Labute approximate surface area is 878 Å². The van der Waals surface area contributed by atoms with Crippen LogP contribution in [0.1, 0.15) is 294 Å². The summed E-state index contributed by atoms with van der Waals surface area (Å²) in [6.07, 6.45) is -2.98. The SMILES string of the molecule is CC(=O)c1ccc([C@H](C)NC(=O)c2c(C(F)F)nn(C)c2Oc2cccc(Cl)c2)cc1.CC(=O)c1ccc([C@H](C)NC(=O)c2c(C)nn(C)c2Oc2cc(C)cc(C)c2)cc1.CC(=O)c1ccc([C@H](C)NC(=O)c2c(C)nn(C)c2Oc2cc(C)cc(C)c2)cc1.CC(=O)c1ccc([C@H](C)NC(=O)c2c(C)nn(C)c2Oc2cc(F)ccc2Cl)cc1.CC(=O)c1ccc([C@H](C)NC(=O)c2c(C)nn(C)c2Oc2cccc(C)c2)cc1. The smallest absolute Gasteiger partial charge is 0.283 e. The Morgan fingerprint density at radius 3 is 0.807 bits per heavy atom. The van der Waals surface area contributed by atoms with Gasteiger partial charge >= 0.3 is 0 Å². The highest BCUT2D eigenvalue weighted by Gasteiger charge is 2.34. The number of carbonyl (C=O) groups excluding carboxylic acids is 10. The Morgan fingerprint density at radius 2 is 0.533 bits per heavy atom. The number of benzene rings is 10. The molecule has 150 heavy (non-hydrogen) atoms. The van der Waals surface area contributed by atoms with Crippen LogP contribution in [-0.4, -0.2) is 107 Å². The summed E-state index contributed by atoms with van der Waals surface area (Å²) in [7, 11) is 8.29. The number of carbonyl (C=O) groups is 10. The van der Waals surface area contributed by atoms with Crippen LogP contribution in [-0.2, 0) is 35.2 Å². The molecule has 0 aliphatic heterocycles. The second-order valence-electron chi connectivity index (χ2n) is 36.4. The van der Waals surface area contributed by atoms with Crippen molar-refractivity contribution in [1.82, 2.24) is 75.5 Å². The van der Waals surface area contributed by atoms with Gasteiger partial charge in [-0.1, -0.05) is 175 Å². The van der Waals surface area contributed by atoms with Crippen LogP contribution in [0.3, 0.4) is 0 Å². The van der Waals surface area contributed by atoms with E-state index in [0.29, 0.717) is 113 Å². The van der Waals surface area contributed by atoms with Crippen LogP contribution in [0, 0.1) is 68.1 Å². The molecule has 30 nitrogen and oxygen atoms in total. The number of rotatable bonds is 31. The molecule has 15 aromatic rings. The van der Waals surface area contributed by atoms with Crippen molar-refractivity contribution in [2.24, 2.45) is 35.2 Å². The average molecular weight is 2080 g/mol. The number of ketones is 5. The Balaban J connectivity index is 0.000000178. The highest BCUT2D eigenvalue weighted by Crippen LogP contribution is 2.39. The number of nitrogens with one attached hydrogen (secondary N) is 5. The van der Waals surface area contributed by atoms with Gasteiger partial charge in [-0.3, -0.25) is 47.9 Å². The highest BCUT2D eigenvalue weighted by molar-refractivity contribution is 6.32. The summed E-state index contributed by atoms with van der Waals surface area (Å²) in [5, 5.41) is 36.3. The predicted octanol–water partition coefficient (Wildman–Crippen LogP) is 24.7. The van der Waals surface area contributed by atoms with Gasteiger partial charge in [0.05, 0.1) is 58.0 Å². The first kappa shape index (κ1) is 114. The summed E-state index contributed by atoms with van der Waals surface area (Å²) in [5.74, 6) is 1.02. The molecule has 0 fully saturated rings. The van der Waals surface area contributed by atoms with Gasteiger partial charge in [0.25, 0.3) is 36.0 Å². The monoisotopic (exact) mass is 2080 g/mol. The average Bonchev–Trinajstić information content (AvgIpc) is 1.64. The highest BCUT2D eigenvalue weighted by atomic mass is 35.5. The van der Waals surface area contributed by atoms with E-state index < -0.39 is 35.8 Å². The molecule has 0 aliphatic rings. The lowest BCUT2D eigenvalue weighted by Crippen LogP contribution is -2.27. The molecule has 15 rings (SSSR count). The molecule has 0 aliphatic carbocycles. The first-order valence-electron chi connectivity index (χ1n) is 47.8. The van der Waals surface area contributed by atoms with Gasteiger partial charge < -0.3 is 50.3 Å². The maximum absolute atomic E-state index is 13.6. The molecule has 5 aromatic heterocycles. The molecule has 10 aromatic carbocycles. The molecule has 0 radical (unpaired) electrons. The van der Waals surface area contributed by atoms with Crippen LogP contribution in [0.4, 0.5) is 13.2 Å². The van der Waals surface area contributed by atoms with E-state index in [1.54, 1.807) is 180 Å². The number of aryl methyl sites for hydroxylation is 14. The summed E-state index contributed by atoms with van der Waals surface area (Å²) in [6.45, 7) is 33.8. The van der Waals surface area contributed by atoms with Crippen LogP contribution in [0.25, 0.3) is 0 Å². The van der Waals surface area contributed by atoms with E-state index in [0.717, 1.165) is 60.8 Å². The quantitative estimate of drug-likeness (QED) is 0.0252. The van der Waals surface area contributed by atoms with E-state index in [-0.39, 0.29) is 110 Å². The van der Waals surface area contributed by atoms with Crippen molar-refractivity contribution in [3.8, 4) is 58.1 Å². The van der Waals surface area contributed by atoms with Gasteiger partial charge in [-0.25, -0.2) is 36.6 Å². The van der Waals surface area contributed by atoms with E-state index in [9.17, 15) is 61.1 Å². The number of halogens is 5. The van der Waals surface area contributed by atoms with Gasteiger partial charge in [-0.05, 0) is 254 Å². The minimum Gasteiger partial charge on any atom is -0.438 e. The molecule has 35 heteroatoms. The van der Waals surface area contributed by atoms with Crippen molar-refractivity contribution in [2.45, 2.75) is 168 Å². The fraction of sp³-hybridized carbons (Fsp3) is 0.261. The van der Waals surface area contributed by atoms with Gasteiger partial charge in [0.2, 0.25) is 29.4 Å². The number of hydrogen-bond donors (Lipinski definition) is 5. The number of Topliss-reactive ketones (excluding diaryl/α,β-unsaturated/α-hetero) is 5. The fourth-order valence-corrected chi connectivity index (χ4v) is 16.5. The maximum atomic E-state index is 13.6. The summed E-state index contributed by atoms with van der Waals surface area (Å²) >= 11 is 12.0. The van der Waals surface area contributed by atoms with Gasteiger partial charge in [-0.15, -0.1) is 0 Å². The molecule has 5 atom stereocenters. The second kappa shape index (κ2) is 50.6. The van der Waals surface area contributed by atoms with Crippen LogP contribution in [0.2, 0.25) is 10.0 Å². The minimum absolute atomic E-state index is 0.0113. The van der Waals surface area contributed by atoms with Crippen molar-refractivity contribution in [3.63, 3.8) is 0 Å². The van der Waals surface area contributed by atoms with E-state index in [1.807, 2.05) is 147 Å². The molecule has 5 amide bonds. The topological polar surface area (TPSA) is 366 Å². The lowest BCUT2D eigenvalue weighted by molar-refractivity contribution is 0.0917. The van der Waals surface area contributed by atoms with Crippen LogP contribution in [0.15, 0.2) is 224 Å². The maximum Gasteiger partial charge on any atom is 0.283 e. The Bertz CT molecular complexity index is 7300. The van der Waals surface area contributed by atoms with Crippen LogP contribution < -0.4 is 50.3 Å². The van der Waals surface area contributed by atoms with Crippen molar-refractivity contribution in [2.75, 3.05) is 0 Å². The van der Waals surface area contributed by atoms with Gasteiger partial charge in [0.15, 0.2) is 34.7 Å². The van der Waals surface area contributed by atoms with Crippen molar-refractivity contribution in [1.29, 1.82) is 0 Å². The van der Waals surface area contributed by atoms with Gasteiger partial charge in [0, 0.05) is 74.1 Å². The Morgan fingerprint density at radius 1 is 0.287 bits per heavy atom. The molecule has 5 N–H and O–H groups in total. The van der Waals surface area contributed by atoms with Crippen molar-refractivity contribution < 1.29 is 84.8 Å². The zero-order valence-electron chi connectivity index (χ0n) is 87.8. The zero-order valence-corrected chi connectivity index (χ0v) is 89.3. The minimum atomic E-state index is -2.98. The van der Waals surface area contributed by atoms with Gasteiger partial charge in [0.1, 0.15) is 62.3 Å². The molecular formula is C115H120Cl2F3N15O15. The van der Waals surface area contributed by atoms with Crippen molar-refractivity contribution in [3.05, 3.63) is 380 Å². The van der Waals surface area contributed by atoms with Crippen LogP contribution in [0.5, 0.6) is 58.1 Å². The Kier molecular flexibility index (Phi) is 38.3. The van der Waals surface area contributed by atoms with E-state index >= 15 is 0 Å². The standard InChI is InChI=1S/2C24H27N3O3.C23H25N3O3.C22H20ClF2N3O3.C22H21ClFN3O3/c2*1-14-11-15(2)13-21(12-14)30-24-22(17(4)26-27(24)6)23(29)25-16(3)19-7-9-20(10-8-19)18(5)28;1-14-7-6-8-20(13-14)29-23-21(16(3)25-26(23)5)22(28)24-15(2)18-9-11-19(12-10-18)17(4)27;1-12(14-7-9-15(10-8-14)13(2)29)26-21(30)18-19(20(24)25)27-28(3)22(18)31-17-6-4-5-16(23)11-17;1-12(15-5-7-16(8-6-15)14(3)28)25-21(29)20-13(2)26-27(4)22(20)30-19-11-17(24)9-10-18(19)23/h2*7-13,16H,1-6H3,(H,25,29);6-13,15H,1-5H3,(H,24,28);4-12,20H,1-3H3,(H,26,30);5-12H,1-4H3,(H,25,29)/t2*16-;15-;2*12-/m00000/s1. The number of aromatic nitrogens is 10. The number of hydrogen-bond acceptors (Lipinski definition) is 20. The first-order chi connectivity index (χ1) is 70.9. The van der Waals surface area contributed by atoms with Crippen molar-refractivity contribution >= 4 is 81.7 Å². The normalized spacial score (nSPS) is 11.8. The third-order valence-electron chi connectivity index (χ3n) is 24.0. The molecule has 5 heterocycles. The number of alkyl halides is 2. The number of ether oxygens (including phenoxy) is 5. The molecule has 780 valence electrons. The molecule has 0 saturated carbocycles. The predicted molar refractivity (Wildman–Crippen MR) is 568 cm³/mol.